The summed E-state index contributed by atoms with van der Waals surface area (Å²) < 4.78 is 94.6. The molecule has 0 aliphatic carbocycles. The van der Waals surface area contributed by atoms with Crippen LogP contribution in [0.5, 0.6) is 0 Å². The van der Waals surface area contributed by atoms with Crippen LogP contribution in [0.15, 0.2) is 0 Å². The Labute approximate surface area is 418 Å². The van der Waals surface area contributed by atoms with E-state index in [1.54, 1.807) is 41.5 Å². The van der Waals surface area contributed by atoms with Crippen LogP contribution in [-0.2, 0) is 85.4 Å². The minimum absolute atomic E-state index is 0.0440. The molecular formula is C46H95N4O20+. The lowest BCUT2D eigenvalue weighted by Crippen LogP contribution is -2.38. The first-order valence-electron chi connectivity index (χ1n) is 24.6. The Balaban J connectivity index is 4.16. The van der Waals surface area contributed by atoms with E-state index in [0.717, 1.165) is 0 Å². The molecule has 0 aliphatic rings. The molecule has 70 heavy (non-hydrogen) atoms. The third-order valence-corrected chi connectivity index (χ3v) is 8.22. The fraction of sp³-hybridized carbons (Fsp3) is 0.957. The van der Waals surface area contributed by atoms with Gasteiger partial charge in [-0.2, -0.15) is 4.79 Å². The summed E-state index contributed by atoms with van der Waals surface area (Å²) >= 11 is 0. The fourth-order valence-corrected chi connectivity index (χ4v) is 5.02. The van der Waals surface area contributed by atoms with Gasteiger partial charge in [0.1, 0.15) is 11.2 Å². The molecule has 0 spiro atoms. The van der Waals surface area contributed by atoms with E-state index in [1.165, 1.54) is 0 Å². The molecule has 0 aromatic rings. The number of hydrogen-bond acceptors (Lipinski definition) is 22. The molecule has 0 bridgehead atoms. The van der Waals surface area contributed by atoms with Gasteiger partial charge < -0.3 is 97.1 Å². The zero-order valence-electron chi connectivity index (χ0n) is 43.7. The van der Waals surface area contributed by atoms with Crippen molar-refractivity contribution in [1.82, 2.24) is 4.90 Å². The Morgan fingerprint density at radius 2 is 0.571 bits per heavy atom. The molecule has 1 amide bonds. The SMILES string of the molecule is CC(C)(C)OC(=O)/[N+](OCCOCCOCCOCCOCCOCCN(CCOCCOCCOCCOCCOCCN)CCOCCOCCOCCOCCOCCN)=C(/O)OC(C)(C)C. The molecule has 0 saturated heterocycles. The van der Waals surface area contributed by atoms with Gasteiger partial charge in [-0.1, -0.05) is 0 Å². The molecule has 0 atom stereocenters. The number of carbonyl (C=O) groups excluding carboxylic acids is 1. The quantitative estimate of drug-likeness (QED) is 0.0253. The molecule has 0 saturated carbocycles. The molecule has 5 N–H and O–H groups in total. The van der Waals surface area contributed by atoms with E-state index in [0.29, 0.717) is 229 Å². The number of rotatable bonds is 53. The normalized spacial score (nSPS) is 12.5. The summed E-state index contributed by atoms with van der Waals surface area (Å²) in [6.45, 7) is 27.2. The second-order valence-corrected chi connectivity index (χ2v) is 16.7. The summed E-state index contributed by atoms with van der Waals surface area (Å²) in [5.74, 6) is 0. The average molecular weight is 1020 g/mol. The van der Waals surface area contributed by atoms with E-state index in [4.69, 9.17) is 96.8 Å². The van der Waals surface area contributed by atoms with Gasteiger partial charge in [0.25, 0.3) is 0 Å². The van der Waals surface area contributed by atoms with Crippen LogP contribution in [-0.4, -0.2) is 276 Å². The van der Waals surface area contributed by atoms with Gasteiger partial charge in [-0.25, -0.2) is 0 Å². The van der Waals surface area contributed by atoms with Crippen molar-refractivity contribution in [1.29, 1.82) is 0 Å². The van der Waals surface area contributed by atoms with Gasteiger partial charge in [-0.05, 0) is 41.5 Å². The third-order valence-electron chi connectivity index (χ3n) is 8.22. The largest absolute Gasteiger partial charge is 0.653 e. The van der Waals surface area contributed by atoms with E-state index in [1.807, 2.05) is 0 Å². The van der Waals surface area contributed by atoms with Crippen molar-refractivity contribution in [3.8, 4) is 0 Å². The maximum atomic E-state index is 12.5. The minimum Gasteiger partial charge on any atom is -0.426 e. The fourth-order valence-electron chi connectivity index (χ4n) is 5.02. The van der Waals surface area contributed by atoms with Gasteiger partial charge in [0, 0.05) is 32.7 Å². The number of nitrogens with two attached hydrogens (primary N) is 2. The lowest BCUT2D eigenvalue weighted by molar-refractivity contribution is -0.735. The molecule has 24 heteroatoms. The van der Waals surface area contributed by atoms with E-state index in [9.17, 15) is 9.90 Å². The highest BCUT2D eigenvalue weighted by molar-refractivity contribution is 5.69. The van der Waals surface area contributed by atoms with Crippen LogP contribution < -0.4 is 11.5 Å². The second kappa shape index (κ2) is 50.4. The summed E-state index contributed by atoms with van der Waals surface area (Å²) in [7, 11) is 0. The number of aliphatic hydroxyl groups is 1. The highest BCUT2D eigenvalue weighted by atomic mass is 16.8. The van der Waals surface area contributed by atoms with Crippen LogP contribution in [0.3, 0.4) is 0 Å². The summed E-state index contributed by atoms with van der Waals surface area (Å²) in [5.41, 5.74) is 9.19. The molecular weight excluding hydrogens is 929 g/mol. The third kappa shape index (κ3) is 52.2. The van der Waals surface area contributed by atoms with Crippen LogP contribution in [0.1, 0.15) is 41.5 Å². The molecule has 0 aromatic heterocycles. The maximum Gasteiger partial charge on any atom is 0.653 e. The predicted octanol–water partition coefficient (Wildman–Crippen LogP) is 1.06. The molecule has 24 nitrogen and oxygen atoms in total. The average Bonchev–Trinajstić information content (AvgIpc) is 3.30. The molecule has 0 rings (SSSR count). The Morgan fingerprint density at radius 1 is 0.357 bits per heavy atom. The smallest absolute Gasteiger partial charge is 0.426 e. The molecule has 0 aliphatic heterocycles. The van der Waals surface area contributed by atoms with E-state index in [-0.39, 0.29) is 13.2 Å². The zero-order chi connectivity index (χ0) is 51.5. The lowest BCUT2D eigenvalue weighted by atomic mass is 10.2. The number of carbonyl (C=O) groups is 1. The number of amides is 1. The zero-order valence-corrected chi connectivity index (χ0v) is 43.7. The van der Waals surface area contributed by atoms with Crippen molar-refractivity contribution in [2.45, 2.75) is 52.7 Å². The Morgan fingerprint density at radius 3 is 0.800 bits per heavy atom. The summed E-state index contributed by atoms with van der Waals surface area (Å²) in [6.07, 6.45) is -1.64. The monoisotopic (exact) mass is 1020 g/mol. The number of aliphatic hydroxyl groups excluding tert-OH is 1. The Hall–Kier alpha value is -2.18. The maximum absolute atomic E-state index is 12.5. The highest BCUT2D eigenvalue weighted by Crippen LogP contribution is 2.11. The van der Waals surface area contributed by atoms with Crippen molar-refractivity contribution in [3.63, 3.8) is 0 Å². The summed E-state index contributed by atoms with van der Waals surface area (Å²) in [5, 5.41) is 10.3. The van der Waals surface area contributed by atoms with Crippen LogP contribution in [0.25, 0.3) is 0 Å². The van der Waals surface area contributed by atoms with Crippen molar-refractivity contribution >= 4 is 12.2 Å². The molecule has 0 radical (unpaired) electrons. The van der Waals surface area contributed by atoms with Gasteiger partial charge in [0.2, 0.25) is 0 Å². The van der Waals surface area contributed by atoms with E-state index >= 15 is 0 Å². The van der Waals surface area contributed by atoms with Crippen LogP contribution in [0.2, 0.25) is 0 Å². The van der Waals surface area contributed by atoms with E-state index in [2.05, 4.69) is 4.90 Å². The minimum atomic E-state index is -0.915. The topological polar surface area (TPSA) is 262 Å². The van der Waals surface area contributed by atoms with Crippen molar-refractivity contribution < 1.29 is 100 Å². The predicted molar refractivity (Wildman–Crippen MR) is 258 cm³/mol. The standard InChI is InChI=1S/C46H94N4O20/c1-45(2,3)69-43(51)50(44(52)70-46(4,5)6)68-42-41-67-40-39-66-38-37-65-36-31-62-26-21-57-16-11-49(9-14-55-19-24-60-29-34-63-32-27-58-22-17-53-12-7-47)10-15-56-20-25-61-30-35-64-33-28-59-23-18-54-13-8-48/h7-42,47-48H2,1-6H3/p+1. The molecule has 0 fully saturated rings. The number of nitrogens with zero attached hydrogens (tertiary/aromatic N) is 2. The lowest BCUT2D eigenvalue weighted by Gasteiger charge is -2.22. The molecule has 0 aromatic carbocycles. The highest BCUT2D eigenvalue weighted by Gasteiger charge is 2.37. The van der Waals surface area contributed by atoms with Gasteiger partial charge >= 0.3 is 12.2 Å². The van der Waals surface area contributed by atoms with Crippen molar-refractivity contribution in [3.05, 3.63) is 0 Å². The van der Waals surface area contributed by atoms with Crippen molar-refractivity contribution in [2.75, 3.05) is 238 Å². The van der Waals surface area contributed by atoms with Crippen molar-refractivity contribution in [2.24, 2.45) is 11.5 Å². The van der Waals surface area contributed by atoms with Gasteiger partial charge in [-0.15, -0.1) is 0 Å². The Bertz CT molecular complexity index is 1120. The van der Waals surface area contributed by atoms with Crippen LogP contribution >= 0.6 is 0 Å². The molecule has 0 heterocycles. The molecule has 0 unspecified atom stereocenters. The summed E-state index contributed by atoms with van der Waals surface area (Å²) in [6, 6.07) is 0. The molecule has 418 valence electrons. The second-order valence-electron chi connectivity index (χ2n) is 16.7. The summed E-state index contributed by atoms with van der Waals surface area (Å²) in [4.78, 5) is 20.1. The van der Waals surface area contributed by atoms with Crippen LogP contribution in [0.4, 0.5) is 4.79 Å². The number of hydroxylamine groups is 1. The van der Waals surface area contributed by atoms with Crippen LogP contribution in [0, 0.1) is 0 Å². The first-order valence-corrected chi connectivity index (χ1v) is 24.6. The number of ether oxygens (including phenoxy) is 17. The van der Waals surface area contributed by atoms with Gasteiger partial charge in [0.05, 0.1) is 198 Å². The first kappa shape index (κ1) is 67.8. The van der Waals surface area contributed by atoms with Gasteiger partial charge in [0.15, 0.2) is 11.3 Å². The first-order chi connectivity index (χ1) is 33.9. The number of hydrogen-bond donors (Lipinski definition) is 3. The van der Waals surface area contributed by atoms with Gasteiger partial charge in [-0.3, -0.25) is 9.74 Å². The van der Waals surface area contributed by atoms with E-state index < -0.39 is 23.4 Å². The Kier molecular flexibility index (Phi) is 48.8.